The summed E-state index contributed by atoms with van der Waals surface area (Å²) in [6, 6.07) is 6.93. The molecule has 0 spiro atoms. The van der Waals surface area contributed by atoms with Crippen LogP contribution in [0.2, 0.25) is 0 Å². The first kappa shape index (κ1) is 21.5. The number of amides is 1. The van der Waals surface area contributed by atoms with Crippen LogP contribution < -0.4 is 0 Å². The van der Waals surface area contributed by atoms with Crippen LogP contribution in [0.15, 0.2) is 24.3 Å². The maximum absolute atomic E-state index is 14.0. The topological polar surface area (TPSA) is 41.4 Å². The van der Waals surface area contributed by atoms with Crippen molar-refractivity contribution in [2.75, 3.05) is 26.2 Å². The molecule has 0 aliphatic carbocycles. The lowest BCUT2D eigenvalue weighted by molar-refractivity contribution is -0.130. The summed E-state index contributed by atoms with van der Waals surface area (Å²) in [6.45, 7) is 12.9. The first-order chi connectivity index (χ1) is 13.8. The van der Waals surface area contributed by atoms with Gasteiger partial charge in [0.1, 0.15) is 5.82 Å². The fourth-order valence-electron chi connectivity index (χ4n) is 4.02. The van der Waals surface area contributed by atoms with Crippen LogP contribution in [0.5, 0.6) is 0 Å². The van der Waals surface area contributed by atoms with Gasteiger partial charge in [-0.15, -0.1) is 0 Å². The maximum atomic E-state index is 14.0. The summed E-state index contributed by atoms with van der Waals surface area (Å²) in [7, 11) is 0. The summed E-state index contributed by atoms with van der Waals surface area (Å²) in [6.07, 6.45) is 1.31. The van der Waals surface area contributed by atoms with Crippen LogP contribution in [0.3, 0.4) is 0 Å². The number of carbonyl (C=O) groups excluding carboxylic acids is 1. The summed E-state index contributed by atoms with van der Waals surface area (Å²) in [5.41, 5.74) is 3.83. The molecule has 1 aromatic heterocycles. The molecule has 1 saturated heterocycles. The van der Waals surface area contributed by atoms with E-state index in [-0.39, 0.29) is 11.7 Å². The van der Waals surface area contributed by atoms with Gasteiger partial charge in [-0.1, -0.05) is 32.0 Å². The Balaban J connectivity index is 1.60. The molecule has 158 valence electrons. The maximum Gasteiger partial charge on any atom is 0.227 e. The SMILES string of the molecule is Cc1nn(CC(C)C)c(C)c1CC(=O)N1CCCN(Cc2ccccc2F)CC1. The zero-order chi connectivity index (χ0) is 21.0. The highest BCUT2D eigenvalue weighted by molar-refractivity contribution is 5.79. The van der Waals surface area contributed by atoms with Gasteiger partial charge in [0.15, 0.2) is 0 Å². The average Bonchev–Trinajstić information content (AvgIpc) is 2.85. The molecule has 29 heavy (non-hydrogen) atoms. The van der Waals surface area contributed by atoms with Crippen molar-refractivity contribution in [1.29, 1.82) is 0 Å². The third-order valence-corrected chi connectivity index (χ3v) is 5.69. The van der Waals surface area contributed by atoms with Crippen LogP contribution in [-0.2, 0) is 24.3 Å². The number of halogens is 1. The molecule has 1 fully saturated rings. The molecule has 2 heterocycles. The van der Waals surface area contributed by atoms with Crippen molar-refractivity contribution in [3.05, 3.63) is 52.6 Å². The standard InChI is InChI=1S/C23H33FN4O/c1-17(2)15-28-19(4)21(18(3)25-28)14-23(29)27-11-7-10-26(12-13-27)16-20-8-5-6-9-22(20)24/h5-6,8-9,17H,7,10-16H2,1-4H3. The Morgan fingerprint density at radius 3 is 2.62 bits per heavy atom. The minimum Gasteiger partial charge on any atom is -0.341 e. The van der Waals surface area contributed by atoms with E-state index in [0.29, 0.717) is 25.4 Å². The molecule has 0 atom stereocenters. The van der Waals surface area contributed by atoms with E-state index in [1.807, 2.05) is 28.6 Å². The number of rotatable bonds is 6. The number of carbonyl (C=O) groups is 1. The van der Waals surface area contributed by atoms with Gasteiger partial charge in [0, 0.05) is 56.1 Å². The molecule has 1 aliphatic rings. The van der Waals surface area contributed by atoms with Crippen LogP contribution in [-0.4, -0.2) is 51.7 Å². The summed E-state index contributed by atoms with van der Waals surface area (Å²) in [5, 5.41) is 4.64. The lowest BCUT2D eigenvalue weighted by Crippen LogP contribution is -2.36. The van der Waals surface area contributed by atoms with Crippen molar-refractivity contribution in [1.82, 2.24) is 19.6 Å². The minimum absolute atomic E-state index is 0.158. The van der Waals surface area contributed by atoms with Crippen molar-refractivity contribution in [2.24, 2.45) is 5.92 Å². The van der Waals surface area contributed by atoms with Crippen molar-refractivity contribution >= 4 is 5.91 Å². The molecule has 5 nitrogen and oxygen atoms in total. The average molecular weight is 401 g/mol. The zero-order valence-electron chi connectivity index (χ0n) is 18.1. The van der Waals surface area contributed by atoms with Gasteiger partial charge in [-0.3, -0.25) is 14.4 Å². The lowest BCUT2D eigenvalue weighted by Gasteiger charge is -2.22. The first-order valence-corrected chi connectivity index (χ1v) is 10.6. The fraction of sp³-hybridized carbons (Fsp3) is 0.565. The Labute approximate surface area is 173 Å². The van der Waals surface area contributed by atoms with Crippen molar-refractivity contribution in [3.63, 3.8) is 0 Å². The van der Waals surface area contributed by atoms with E-state index in [2.05, 4.69) is 30.8 Å². The molecule has 0 unspecified atom stereocenters. The second-order valence-corrected chi connectivity index (χ2v) is 8.50. The van der Waals surface area contributed by atoms with Gasteiger partial charge in [-0.25, -0.2) is 4.39 Å². The molecule has 1 aromatic carbocycles. The highest BCUT2D eigenvalue weighted by atomic mass is 19.1. The third kappa shape index (κ3) is 5.44. The normalized spacial score (nSPS) is 15.7. The predicted molar refractivity (Wildman–Crippen MR) is 113 cm³/mol. The molecule has 0 bridgehead atoms. The largest absolute Gasteiger partial charge is 0.341 e. The number of benzene rings is 1. The lowest BCUT2D eigenvalue weighted by atomic mass is 10.1. The zero-order valence-corrected chi connectivity index (χ0v) is 18.1. The Morgan fingerprint density at radius 2 is 1.90 bits per heavy atom. The second kappa shape index (κ2) is 9.53. The Hall–Kier alpha value is -2.21. The van der Waals surface area contributed by atoms with Gasteiger partial charge in [0.25, 0.3) is 0 Å². The fourth-order valence-corrected chi connectivity index (χ4v) is 4.02. The number of aryl methyl sites for hydroxylation is 1. The van der Waals surface area contributed by atoms with Gasteiger partial charge in [0.2, 0.25) is 5.91 Å². The number of hydrogen-bond acceptors (Lipinski definition) is 3. The van der Waals surface area contributed by atoms with E-state index >= 15 is 0 Å². The van der Waals surface area contributed by atoms with E-state index in [1.165, 1.54) is 6.07 Å². The molecule has 0 N–H and O–H groups in total. The summed E-state index contributed by atoms with van der Waals surface area (Å²) in [5.74, 6) is 0.518. The van der Waals surface area contributed by atoms with Gasteiger partial charge in [-0.05, 0) is 32.3 Å². The second-order valence-electron chi connectivity index (χ2n) is 8.50. The van der Waals surface area contributed by atoms with Gasteiger partial charge in [0.05, 0.1) is 12.1 Å². The quantitative estimate of drug-likeness (QED) is 0.744. The van der Waals surface area contributed by atoms with Crippen molar-refractivity contribution in [2.45, 2.75) is 53.6 Å². The van der Waals surface area contributed by atoms with Crippen LogP contribution >= 0.6 is 0 Å². The molecule has 1 aliphatic heterocycles. The molecular formula is C23H33FN4O. The van der Waals surface area contributed by atoms with E-state index in [9.17, 15) is 9.18 Å². The highest BCUT2D eigenvalue weighted by Crippen LogP contribution is 2.18. The summed E-state index contributed by atoms with van der Waals surface area (Å²) in [4.78, 5) is 17.2. The number of nitrogens with zero attached hydrogens (tertiary/aromatic N) is 4. The number of hydrogen-bond donors (Lipinski definition) is 0. The minimum atomic E-state index is -0.158. The third-order valence-electron chi connectivity index (χ3n) is 5.69. The first-order valence-electron chi connectivity index (χ1n) is 10.6. The van der Waals surface area contributed by atoms with Crippen molar-refractivity contribution < 1.29 is 9.18 Å². The van der Waals surface area contributed by atoms with Gasteiger partial charge < -0.3 is 4.90 Å². The van der Waals surface area contributed by atoms with Crippen LogP contribution in [0.1, 0.15) is 42.8 Å². The monoisotopic (exact) mass is 400 g/mol. The summed E-state index contributed by atoms with van der Waals surface area (Å²) < 4.78 is 16.0. The predicted octanol–water partition coefficient (Wildman–Crippen LogP) is 3.57. The molecule has 0 radical (unpaired) electrons. The van der Waals surface area contributed by atoms with E-state index in [4.69, 9.17) is 0 Å². The van der Waals surface area contributed by atoms with Crippen LogP contribution in [0.4, 0.5) is 4.39 Å². The molecule has 1 amide bonds. The van der Waals surface area contributed by atoms with E-state index in [1.54, 1.807) is 6.07 Å². The molecule has 2 aromatic rings. The highest BCUT2D eigenvalue weighted by Gasteiger charge is 2.22. The van der Waals surface area contributed by atoms with Crippen LogP contribution in [0, 0.1) is 25.6 Å². The molecular weight excluding hydrogens is 367 g/mol. The van der Waals surface area contributed by atoms with Gasteiger partial charge >= 0.3 is 0 Å². The van der Waals surface area contributed by atoms with Gasteiger partial charge in [-0.2, -0.15) is 5.10 Å². The molecule has 0 saturated carbocycles. The van der Waals surface area contributed by atoms with E-state index in [0.717, 1.165) is 55.1 Å². The molecule has 3 rings (SSSR count). The van der Waals surface area contributed by atoms with Crippen molar-refractivity contribution in [3.8, 4) is 0 Å². The van der Waals surface area contributed by atoms with Crippen LogP contribution in [0.25, 0.3) is 0 Å². The molecule has 6 heteroatoms. The Morgan fingerprint density at radius 1 is 1.14 bits per heavy atom. The summed E-state index contributed by atoms with van der Waals surface area (Å²) >= 11 is 0. The van der Waals surface area contributed by atoms with E-state index < -0.39 is 0 Å². The Bertz CT molecular complexity index is 845. The Kier molecular flexibility index (Phi) is 7.06. The number of aromatic nitrogens is 2. The smallest absolute Gasteiger partial charge is 0.227 e.